The molecular weight excluding hydrogens is 709 g/mol. The van der Waals surface area contributed by atoms with Crippen LogP contribution in [0.1, 0.15) is 0 Å². The van der Waals surface area contributed by atoms with Crippen molar-refractivity contribution in [3.8, 4) is 33.6 Å². The molecule has 4 aromatic heterocycles. The minimum absolute atomic E-state index is 0.888. The molecule has 0 aliphatic heterocycles. The molecule has 13 rings (SSSR count). The Balaban J connectivity index is 1.18. The van der Waals surface area contributed by atoms with Gasteiger partial charge in [-0.15, -0.1) is 0 Å². The summed E-state index contributed by atoms with van der Waals surface area (Å²) in [5.41, 5.74) is 15.1. The predicted molar refractivity (Wildman–Crippen MR) is 241 cm³/mol. The quantitative estimate of drug-likeness (QED) is 0.180. The summed E-state index contributed by atoms with van der Waals surface area (Å²) in [5, 5.41) is 9.31. The van der Waals surface area contributed by atoms with Crippen molar-refractivity contribution < 1.29 is 8.83 Å². The van der Waals surface area contributed by atoms with Gasteiger partial charge >= 0.3 is 0 Å². The molecule has 0 saturated heterocycles. The van der Waals surface area contributed by atoms with E-state index in [1.165, 1.54) is 43.7 Å². The van der Waals surface area contributed by atoms with Crippen LogP contribution >= 0.6 is 0 Å². The van der Waals surface area contributed by atoms with E-state index in [4.69, 9.17) is 8.83 Å². The number of hydrogen-bond acceptors (Lipinski definition) is 2. The molecule has 0 bridgehead atoms. The van der Waals surface area contributed by atoms with Crippen molar-refractivity contribution in [2.75, 3.05) is 0 Å². The summed E-state index contributed by atoms with van der Waals surface area (Å²) < 4.78 is 17.5. The number of hydrogen-bond donors (Lipinski definition) is 0. The number of nitrogens with zero attached hydrogens (tertiary/aromatic N) is 2. The lowest BCUT2D eigenvalue weighted by Crippen LogP contribution is -1.97. The Morgan fingerprint density at radius 3 is 1.66 bits per heavy atom. The number of fused-ring (bicyclic) bond motifs is 12. The second kappa shape index (κ2) is 11.8. The Morgan fingerprint density at radius 1 is 0.310 bits per heavy atom. The lowest BCUT2D eigenvalue weighted by Gasteiger charge is -2.17. The van der Waals surface area contributed by atoms with Crippen molar-refractivity contribution in [3.05, 3.63) is 194 Å². The first-order valence-electron chi connectivity index (χ1n) is 19.8. The maximum Gasteiger partial charge on any atom is 0.135 e. The Morgan fingerprint density at radius 2 is 0.897 bits per heavy atom. The maximum atomic E-state index is 6.33. The van der Waals surface area contributed by atoms with Gasteiger partial charge in [-0.05, 0) is 89.5 Å². The van der Waals surface area contributed by atoms with Gasteiger partial charge < -0.3 is 18.0 Å². The summed E-state index contributed by atoms with van der Waals surface area (Å²) in [6, 6.07) is 69.8. The number of aromatic nitrogens is 2. The van der Waals surface area contributed by atoms with Crippen LogP contribution in [-0.4, -0.2) is 9.13 Å². The first-order valence-corrected chi connectivity index (χ1v) is 19.8. The van der Waals surface area contributed by atoms with Crippen LogP contribution in [0.2, 0.25) is 0 Å². The van der Waals surface area contributed by atoms with Gasteiger partial charge in [-0.1, -0.05) is 121 Å². The summed E-state index contributed by atoms with van der Waals surface area (Å²) in [5.74, 6) is 0. The number of furan rings is 2. The van der Waals surface area contributed by atoms with E-state index >= 15 is 0 Å². The zero-order valence-electron chi connectivity index (χ0n) is 31.2. The summed E-state index contributed by atoms with van der Waals surface area (Å²) in [6.07, 6.45) is 0. The molecule has 0 amide bonds. The van der Waals surface area contributed by atoms with Crippen LogP contribution in [0.5, 0.6) is 0 Å². The molecule has 4 nitrogen and oxygen atoms in total. The van der Waals surface area contributed by atoms with Crippen LogP contribution in [0.25, 0.3) is 121 Å². The highest BCUT2D eigenvalue weighted by Gasteiger charge is 2.25. The van der Waals surface area contributed by atoms with Crippen molar-refractivity contribution in [1.82, 2.24) is 9.13 Å². The molecule has 0 N–H and O–H groups in total. The number of rotatable bonds is 4. The third-order valence-electron chi connectivity index (χ3n) is 12.1. The zero-order valence-corrected chi connectivity index (χ0v) is 31.2. The largest absolute Gasteiger partial charge is 0.456 e. The average molecular weight is 741 g/mol. The molecule has 4 heteroatoms. The molecule has 270 valence electrons. The third-order valence-corrected chi connectivity index (χ3v) is 12.1. The molecule has 0 saturated carbocycles. The second-order valence-corrected chi connectivity index (χ2v) is 15.2. The van der Waals surface area contributed by atoms with Gasteiger partial charge in [0.15, 0.2) is 0 Å². The lowest BCUT2D eigenvalue weighted by molar-refractivity contribution is 0.668. The molecule has 0 spiro atoms. The van der Waals surface area contributed by atoms with E-state index in [9.17, 15) is 0 Å². The Labute approximate surface area is 332 Å². The first-order chi connectivity index (χ1) is 28.8. The molecule has 0 atom stereocenters. The molecule has 58 heavy (non-hydrogen) atoms. The van der Waals surface area contributed by atoms with Gasteiger partial charge in [-0.3, -0.25) is 0 Å². The normalized spacial score (nSPS) is 12.1. The SMILES string of the molecule is c1ccc(-n2c3ccccc3c3ccc(-c4ccc5oc6ccccc6c5c4)c(-c4cccc5c4c4ccccc4n5-c4ccc5oc6ccccc6c5c4)c32)cc1. The van der Waals surface area contributed by atoms with Gasteiger partial charge in [-0.2, -0.15) is 0 Å². The Kier molecular flexibility index (Phi) is 6.41. The van der Waals surface area contributed by atoms with E-state index in [2.05, 4.69) is 179 Å². The molecule has 4 heterocycles. The lowest BCUT2D eigenvalue weighted by atomic mass is 9.89. The standard InChI is InChI=1S/C54H32N2O2/c1-2-13-34(14-3-1)56-45-20-8-4-15-37(45)40-28-27-36(33-25-29-50-43(31-33)38-16-6-10-23-48(38)57-50)53(54(40)56)42-19-12-22-47-52(42)41-18-5-9-21-46(41)55(47)35-26-30-51-44(32-35)39-17-7-11-24-49(39)58-51/h1-32H. The van der Waals surface area contributed by atoms with Crippen LogP contribution < -0.4 is 0 Å². The fraction of sp³-hybridized carbons (Fsp3) is 0. The monoisotopic (exact) mass is 740 g/mol. The van der Waals surface area contributed by atoms with Crippen molar-refractivity contribution in [1.29, 1.82) is 0 Å². The fourth-order valence-electron chi connectivity index (χ4n) is 9.67. The van der Waals surface area contributed by atoms with Gasteiger partial charge in [0.2, 0.25) is 0 Å². The van der Waals surface area contributed by atoms with Gasteiger partial charge in [-0.25, -0.2) is 0 Å². The molecule has 0 radical (unpaired) electrons. The summed E-state index contributed by atoms with van der Waals surface area (Å²) in [7, 11) is 0. The van der Waals surface area contributed by atoms with Crippen LogP contribution in [0.15, 0.2) is 203 Å². The molecule has 0 unspecified atom stereocenters. The molecule has 0 fully saturated rings. The molecule has 0 aliphatic rings. The van der Waals surface area contributed by atoms with Crippen molar-refractivity contribution in [2.45, 2.75) is 0 Å². The number of benzene rings is 9. The number of para-hydroxylation sites is 5. The van der Waals surface area contributed by atoms with Crippen molar-refractivity contribution in [2.24, 2.45) is 0 Å². The van der Waals surface area contributed by atoms with Crippen molar-refractivity contribution >= 4 is 87.5 Å². The fourth-order valence-corrected chi connectivity index (χ4v) is 9.67. The van der Waals surface area contributed by atoms with Crippen molar-refractivity contribution in [3.63, 3.8) is 0 Å². The van der Waals surface area contributed by atoms with Gasteiger partial charge in [0.05, 0.1) is 22.1 Å². The summed E-state index contributed by atoms with van der Waals surface area (Å²) >= 11 is 0. The van der Waals surface area contributed by atoms with Crippen LogP contribution in [0.3, 0.4) is 0 Å². The molecule has 9 aromatic carbocycles. The van der Waals surface area contributed by atoms with Crippen LogP contribution in [-0.2, 0) is 0 Å². The minimum atomic E-state index is 0.888. The highest BCUT2D eigenvalue weighted by molar-refractivity contribution is 6.23. The van der Waals surface area contributed by atoms with E-state index in [0.29, 0.717) is 0 Å². The minimum Gasteiger partial charge on any atom is -0.456 e. The van der Waals surface area contributed by atoms with Gasteiger partial charge in [0.25, 0.3) is 0 Å². The smallest absolute Gasteiger partial charge is 0.135 e. The summed E-state index contributed by atoms with van der Waals surface area (Å²) in [6.45, 7) is 0. The van der Waals surface area contributed by atoms with E-state index in [0.717, 1.165) is 77.4 Å². The highest BCUT2D eigenvalue weighted by Crippen LogP contribution is 2.48. The predicted octanol–water partition coefficient (Wildman–Crippen LogP) is 15.0. The van der Waals surface area contributed by atoms with E-state index in [1.54, 1.807) is 0 Å². The maximum absolute atomic E-state index is 6.33. The molecular formula is C54H32N2O2. The Hall–Kier alpha value is -7.82. The topological polar surface area (TPSA) is 36.1 Å². The van der Waals surface area contributed by atoms with E-state index < -0.39 is 0 Å². The zero-order chi connectivity index (χ0) is 37.9. The van der Waals surface area contributed by atoms with E-state index in [1.807, 2.05) is 24.3 Å². The first kappa shape index (κ1) is 31.4. The van der Waals surface area contributed by atoms with Crippen LogP contribution in [0, 0.1) is 0 Å². The van der Waals surface area contributed by atoms with E-state index in [-0.39, 0.29) is 0 Å². The highest BCUT2D eigenvalue weighted by atomic mass is 16.3. The molecule has 0 aliphatic carbocycles. The second-order valence-electron chi connectivity index (χ2n) is 15.2. The third kappa shape index (κ3) is 4.34. The summed E-state index contributed by atoms with van der Waals surface area (Å²) in [4.78, 5) is 0. The van der Waals surface area contributed by atoms with Crippen LogP contribution in [0.4, 0.5) is 0 Å². The molecule has 13 aromatic rings. The van der Waals surface area contributed by atoms with Gasteiger partial charge in [0.1, 0.15) is 22.3 Å². The average Bonchev–Trinajstić information content (AvgIpc) is 4.03. The Bertz CT molecular complexity index is 3800. The van der Waals surface area contributed by atoms with Gasteiger partial charge in [0, 0.05) is 60.0 Å².